The third-order valence-corrected chi connectivity index (χ3v) is 7.08. The van der Waals surface area contributed by atoms with E-state index in [0.717, 1.165) is 5.56 Å². The van der Waals surface area contributed by atoms with Gasteiger partial charge < -0.3 is 29.5 Å². The van der Waals surface area contributed by atoms with Crippen molar-refractivity contribution in [1.82, 2.24) is 14.8 Å². The van der Waals surface area contributed by atoms with Gasteiger partial charge in [-0.15, -0.1) is 0 Å². The molecular formula is C26H32ClFN4O6. The molecule has 1 aromatic heterocycles. The van der Waals surface area contributed by atoms with Gasteiger partial charge in [0.15, 0.2) is 11.6 Å². The second-order valence-corrected chi connectivity index (χ2v) is 10.6. The lowest BCUT2D eigenvalue weighted by atomic mass is 9.96. The molecule has 0 bridgehead atoms. The molecule has 10 nitrogen and oxygen atoms in total. The predicted molar refractivity (Wildman–Crippen MR) is 139 cm³/mol. The van der Waals surface area contributed by atoms with Gasteiger partial charge >= 0.3 is 6.09 Å². The second kappa shape index (κ2) is 10.8. The summed E-state index contributed by atoms with van der Waals surface area (Å²) in [5, 5.41) is 12.8. The van der Waals surface area contributed by atoms with Crippen molar-refractivity contribution in [2.75, 3.05) is 32.8 Å². The number of benzene rings is 1. The van der Waals surface area contributed by atoms with E-state index >= 15 is 4.39 Å². The van der Waals surface area contributed by atoms with Crippen LogP contribution in [0.25, 0.3) is 0 Å². The molecule has 2 atom stereocenters. The summed E-state index contributed by atoms with van der Waals surface area (Å²) in [7, 11) is 3.06. The number of halogens is 2. The van der Waals surface area contributed by atoms with Crippen molar-refractivity contribution in [2.45, 2.75) is 57.9 Å². The molecule has 2 aliphatic heterocycles. The fourth-order valence-corrected chi connectivity index (χ4v) is 5.31. The summed E-state index contributed by atoms with van der Waals surface area (Å²) in [5.41, 5.74) is 0.166. The average molecular weight is 551 g/mol. The molecule has 12 heteroatoms. The molecule has 4 rings (SSSR count). The molecule has 0 saturated carbocycles. The summed E-state index contributed by atoms with van der Waals surface area (Å²) in [6, 6.07) is 4.18. The van der Waals surface area contributed by atoms with Crippen LogP contribution in [0.1, 0.15) is 48.7 Å². The Balaban J connectivity index is 1.60. The zero-order valence-corrected chi connectivity index (χ0v) is 22.8. The first-order valence-electron chi connectivity index (χ1n) is 12.2. The van der Waals surface area contributed by atoms with Crippen LogP contribution in [-0.4, -0.2) is 76.9 Å². The van der Waals surface area contributed by atoms with E-state index in [-0.39, 0.29) is 41.8 Å². The van der Waals surface area contributed by atoms with Crippen molar-refractivity contribution < 1.29 is 33.3 Å². The van der Waals surface area contributed by atoms with Gasteiger partial charge in [0.25, 0.3) is 5.91 Å². The molecule has 1 fully saturated rings. The molecule has 2 aromatic rings. The van der Waals surface area contributed by atoms with E-state index in [9.17, 15) is 14.7 Å². The lowest BCUT2D eigenvalue weighted by Gasteiger charge is -2.45. The number of rotatable bonds is 7. The number of hydrogen-bond acceptors (Lipinski definition) is 7. The van der Waals surface area contributed by atoms with Crippen molar-refractivity contribution in [3.05, 3.63) is 45.9 Å². The molecule has 2 N–H and O–H groups in total. The fourth-order valence-electron chi connectivity index (χ4n) is 5.03. The summed E-state index contributed by atoms with van der Waals surface area (Å²) in [6.45, 7) is 6.05. The van der Waals surface area contributed by atoms with Gasteiger partial charge in [0.2, 0.25) is 0 Å². The van der Waals surface area contributed by atoms with Crippen LogP contribution in [-0.2, 0) is 17.8 Å². The van der Waals surface area contributed by atoms with Crippen molar-refractivity contribution >= 4 is 29.4 Å². The molecule has 0 radical (unpaired) electrons. The Morgan fingerprint density at radius 1 is 1.34 bits per heavy atom. The Bertz CT molecular complexity index is 1240. The number of methoxy groups -OCH3 is 2. The van der Waals surface area contributed by atoms with Crippen LogP contribution < -0.4 is 14.8 Å². The monoisotopic (exact) mass is 550 g/mol. The number of aromatic nitrogens is 1. The minimum absolute atomic E-state index is 0.00739. The summed E-state index contributed by atoms with van der Waals surface area (Å²) in [6.07, 6.45) is -0.668. The molecule has 2 amide bonds. The smallest absolute Gasteiger partial charge is 0.408 e. The maximum absolute atomic E-state index is 15.8. The van der Waals surface area contributed by atoms with Crippen molar-refractivity contribution in [2.24, 2.45) is 0 Å². The molecule has 2 aliphatic rings. The van der Waals surface area contributed by atoms with Crippen LogP contribution in [0.4, 0.5) is 15.0 Å². The summed E-state index contributed by atoms with van der Waals surface area (Å²) in [4.78, 5) is 32.2. The number of ether oxygens (including phenoxy) is 3. The topological polar surface area (TPSA) is 113 Å². The fraction of sp³-hybridized carbons (Fsp3) is 0.500. The largest absolute Gasteiger partial charge is 0.497 e. The highest BCUT2D eigenvalue weighted by atomic mass is 35.5. The first-order chi connectivity index (χ1) is 18.0. The Hall–Kier alpha value is -3.31. The molecule has 1 saturated heterocycles. The number of fused-ring (bicyclic) bond motifs is 1. The third-order valence-electron chi connectivity index (χ3n) is 6.81. The number of hydrogen-bond donors (Lipinski definition) is 2. The summed E-state index contributed by atoms with van der Waals surface area (Å²) in [5.74, 6) is -0.108. The van der Waals surface area contributed by atoms with E-state index < -0.39 is 35.4 Å². The van der Waals surface area contributed by atoms with E-state index in [1.165, 1.54) is 16.9 Å². The van der Waals surface area contributed by atoms with Crippen LogP contribution in [0, 0.1) is 5.82 Å². The van der Waals surface area contributed by atoms with Crippen molar-refractivity contribution in [1.29, 1.82) is 0 Å². The normalized spacial score (nSPS) is 19.2. The van der Waals surface area contributed by atoms with Crippen molar-refractivity contribution in [3.8, 4) is 11.5 Å². The zero-order chi connectivity index (χ0) is 27.8. The first kappa shape index (κ1) is 27.7. The third kappa shape index (κ3) is 5.30. The molecule has 0 spiro atoms. The molecule has 206 valence electrons. The number of anilines is 1. The predicted octanol–water partition coefficient (Wildman–Crippen LogP) is 4.40. The van der Waals surface area contributed by atoms with E-state index in [4.69, 9.17) is 25.8 Å². The van der Waals surface area contributed by atoms with E-state index in [1.54, 1.807) is 46.1 Å². The summed E-state index contributed by atoms with van der Waals surface area (Å²) >= 11 is 6.41. The quantitative estimate of drug-likeness (QED) is 0.488. The van der Waals surface area contributed by atoms with E-state index in [1.807, 2.05) is 0 Å². The Labute approximate surface area is 225 Å². The van der Waals surface area contributed by atoms with Crippen LogP contribution in [0.15, 0.2) is 18.2 Å². The van der Waals surface area contributed by atoms with Gasteiger partial charge in [-0.3, -0.25) is 9.69 Å². The summed E-state index contributed by atoms with van der Waals surface area (Å²) < 4.78 is 32.0. The van der Waals surface area contributed by atoms with Crippen LogP contribution in [0.3, 0.4) is 0 Å². The maximum Gasteiger partial charge on any atom is 0.408 e. The first-order valence-corrected chi connectivity index (χ1v) is 12.6. The number of amides is 2. The highest BCUT2D eigenvalue weighted by Gasteiger charge is 2.41. The number of carboxylic acid groups (broad SMARTS) is 1. The van der Waals surface area contributed by atoms with Gasteiger partial charge in [-0.25, -0.2) is 14.2 Å². The molecule has 1 aromatic carbocycles. The van der Waals surface area contributed by atoms with E-state index in [2.05, 4.69) is 10.3 Å². The minimum Gasteiger partial charge on any atom is -0.497 e. The average Bonchev–Trinajstić information content (AvgIpc) is 3.19. The molecule has 0 aliphatic carbocycles. The Morgan fingerprint density at radius 2 is 2.08 bits per heavy atom. The lowest BCUT2D eigenvalue weighted by molar-refractivity contribution is -0.0156. The standard InChI is InChI=1S/C26H32ClFN4O6/c1-26(2,3)32(25(34)35)18-13-38-9-8-17(18)29-23-21(28)16-12-31(24(33)20(16)22(27)30-23)11-14-6-7-15(36-4)10-19(14)37-5/h6-7,10,17-18H,8-9,11-13H2,1-5H3,(H,29,30)(H,34,35)/t17-,18+/m1/s1. The molecule has 0 unspecified atom stereocenters. The van der Waals surface area contributed by atoms with Gasteiger partial charge in [0.1, 0.15) is 16.7 Å². The van der Waals surface area contributed by atoms with Crippen LogP contribution in [0.2, 0.25) is 5.15 Å². The lowest BCUT2D eigenvalue weighted by Crippen LogP contribution is -2.60. The number of carbonyl (C=O) groups is 2. The van der Waals surface area contributed by atoms with Crippen LogP contribution in [0.5, 0.6) is 11.5 Å². The van der Waals surface area contributed by atoms with Gasteiger partial charge in [-0.1, -0.05) is 11.6 Å². The van der Waals surface area contributed by atoms with Crippen LogP contribution >= 0.6 is 11.6 Å². The van der Waals surface area contributed by atoms with Gasteiger partial charge in [0, 0.05) is 35.9 Å². The van der Waals surface area contributed by atoms with Gasteiger partial charge in [-0.05, 0) is 39.3 Å². The number of nitrogens with zero attached hydrogens (tertiary/aromatic N) is 3. The number of carbonyl (C=O) groups excluding carboxylic acids is 1. The maximum atomic E-state index is 15.8. The van der Waals surface area contributed by atoms with Gasteiger partial charge in [-0.2, -0.15) is 0 Å². The second-order valence-electron chi connectivity index (χ2n) is 10.3. The zero-order valence-electron chi connectivity index (χ0n) is 22.0. The van der Waals surface area contributed by atoms with Crippen molar-refractivity contribution in [3.63, 3.8) is 0 Å². The highest BCUT2D eigenvalue weighted by Crippen LogP contribution is 2.36. The Kier molecular flexibility index (Phi) is 7.89. The SMILES string of the molecule is COc1ccc(CN2Cc3c(F)c(N[C@@H]4CCOC[C@@H]4N(C(=O)O)C(C)(C)C)nc(Cl)c3C2=O)c(OC)c1. The minimum atomic E-state index is -1.10. The molecule has 38 heavy (non-hydrogen) atoms. The number of pyridine rings is 1. The number of nitrogens with one attached hydrogen (secondary N) is 1. The Morgan fingerprint density at radius 3 is 2.71 bits per heavy atom. The molecule has 3 heterocycles. The highest BCUT2D eigenvalue weighted by molar-refractivity contribution is 6.33. The van der Waals surface area contributed by atoms with Gasteiger partial charge in [0.05, 0.1) is 45.0 Å². The molecular weight excluding hydrogens is 519 g/mol. The van der Waals surface area contributed by atoms with E-state index in [0.29, 0.717) is 24.5 Å².